The number of rotatable bonds is 4. The van der Waals surface area contributed by atoms with Gasteiger partial charge in [-0.15, -0.1) is 0 Å². The fourth-order valence-corrected chi connectivity index (χ4v) is 0.704. The van der Waals surface area contributed by atoms with E-state index in [1.54, 1.807) is 0 Å². The Kier molecular flexibility index (Phi) is 4.20. The van der Waals surface area contributed by atoms with E-state index in [1.807, 2.05) is 33.0 Å². The molecule has 0 atom stereocenters. The third-order valence-corrected chi connectivity index (χ3v) is 1.58. The molecule has 0 aromatic heterocycles. The molecule has 4 heteroatoms. The van der Waals surface area contributed by atoms with Crippen molar-refractivity contribution in [3.05, 3.63) is 0 Å². The molecule has 0 amide bonds. The first-order valence-electron chi connectivity index (χ1n) is 3.89. The number of hydrogen-bond donors (Lipinski definition) is 1. The van der Waals surface area contributed by atoms with Gasteiger partial charge in [-0.2, -0.15) is 0 Å². The Balaban J connectivity index is 3.95. The standard InChI is InChI=1S/C8H18N2O2/c1-8(2,7(11)12-5)6-9-10(3)4/h9H,6H2,1-5H3. The van der Waals surface area contributed by atoms with E-state index in [2.05, 4.69) is 10.2 Å². The van der Waals surface area contributed by atoms with E-state index < -0.39 is 5.41 Å². The van der Waals surface area contributed by atoms with E-state index in [4.69, 9.17) is 0 Å². The highest BCUT2D eigenvalue weighted by atomic mass is 16.5. The van der Waals surface area contributed by atoms with Crippen LogP contribution in [-0.2, 0) is 9.53 Å². The zero-order chi connectivity index (χ0) is 9.78. The van der Waals surface area contributed by atoms with Crippen LogP contribution in [0, 0.1) is 5.41 Å². The number of nitrogens with zero attached hydrogens (tertiary/aromatic N) is 1. The summed E-state index contributed by atoms with van der Waals surface area (Å²) >= 11 is 0. The molecule has 0 saturated heterocycles. The molecule has 0 rings (SSSR count). The quantitative estimate of drug-likeness (QED) is 0.490. The lowest BCUT2D eigenvalue weighted by Gasteiger charge is -2.24. The van der Waals surface area contributed by atoms with Crippen LogP contribution in [0.5, 0.6) is 0 Å². The second-order valence-electron chi connectivity index (χ2n) is 3.60. The first-order valence-corrected chi connectivity index (χ1v) is 3.89. The van der Waals surface area contributed by atoms with Gasteiger partial charge in [-0.3, -0.25) is 15.2 Å². The van der Waals surface area contributed by atoms with E-state index in [9.17, 15) is 4.79 Å². The van der Waals surface area contributed by atoms with Crippen molar-refractivity contribution >= 4 is 5.97 Å². The largest absolute Gasteiger partial charge is 0.469 e. The van der Waals surface area contributed by atoms with E-state index in [-0.39, 0.29) is 5.97 Å². The van der Waals surface area contributed by atoms with Gasteiger partial charge in [0.1, 0.15) is 0 Å². The average molecular weight is 174 g/mol. The topological polar surface area (TPSA) is 41.6 Å². The van der Waals surface area contributed by atoms with Crippen LogP contribution in [0.4, 0.5) is 0 Å². The summed E-state index contributed by atoms with van der Waals surface area (Å²) in [6.07, 6.45) is 0. The Labute approximate surface area is 73.8 Å². The smallest absolute Gasteiger partial charge is 0.312 e. The molecule has 0 aliphatic heterocycles. The van der Waals surface area contributed by atoms with Gasteiger partial charge in [0.25, 0.3) is 0 Å². The van der Waals surface area contributed by atoms with Gasteiger partial charge in [0.05, 0.1) is 12.5 Å². The molecule has 4 nitrogen and oxygen atoms in total. The first kappa shape index (κ1) is 11.4. The molecule has 0 fully saturated rings. The molecule has 0 aromatic rings. The average Bonchev–Trinajstić information content (AvgIpc) is 1.99. The first-order chi connectivity index (χ1) is 5.40. The van der Waals surface area contributed by atoms with E-state index >= 15 is 0 Å². The zero-order valence-corrected chi connectivity index (χ0v) is 8.47. The highest BCUT2D eigenvalue weighted by molar-refractivity contribution is 5.75. The predicted octanol–water partition coefficient (Wildman–Crippen LogP) is 0.252. The molecule has 0 spiro atoms. The van der Waals surface area contributed by atoms with Crippen LogP contribution >= 0.6 is 0 Å². The molecular weight excluding hydrogens is 156 g/mol. The minimum absolute atomic E-state index is 0.197. The van der Waals surface area contributed by atoms with Gasteiger partial charge in [-0.05, 0) is 13.8 Å². The molecule has 0 aromatic carbocycles. The highest BCUT2D eigenvalue weighted by Gasteiger charge is 2.28. The van der Waals surface area contributed by atoms with Crippen LogP contribution < -0.4 is 5.43 Å². The molecule has 0 bridgehead atoms. The van der Waals surface area contributed by atoms with E-state index in [1.165, 1.54) is 7.11 Å². The van der Waals surface area contributed by atoms with Gasteiger partial charge in [0, 0.05) is 20.6 Å². The third-order valence-electron chi connectivity index (χ3n) is 1.58. The van der Waals surface area contributed by atoms with Crippen LogP contribution in [0.2, 0.25) is 0 Å². The van der Waals surface area contributed by atoms with Crippen LogP contribution in [-0.4, -0.2) is 38.7 Å². The second kappa shape index (κ2) is 4.42. The van der Waals surface area contributed by atoms with Crippen LogP contribution in [0.15, 0.2) is 0 Å². The summed E-state index contributed by atoms with van der Waals surface area (Å²) in [6, 6.07) is 0. The molecular formula is C8H18N2O2. The molecule has 0 aliphatic rings. The number of hydrogen-bond acceptors (Lipinski definition) is 4. The number of hydrazine groups is 1. The van der Waals surface area contributed by atoms with Crippen molar-refractivity contribution in [2.75, 3.05) is 27.7 Å². The maximum Gasteiger partial charge on any atom is 0.312 e. The minimum Gasteiger partial charge on any atom is -0.469 e. The van der Waals surface area contributed by atoms with Gasteiger partial charge >= 0.3 is 5.97 Å². The lowest BCUT2D eigenvalue weighted by atomic mass is 9.94. The Morgan fingerprint density at radius 2 is 2.00 bits per heavy atom. The van der Waals surface area contributed by atoms with Gasteiger partial charge in [0.2, 0.25) is 0 Å². The molecule has 0 radical (unpaired) electrons. The second-order valence-corrected chi connectivity index (χ2v) is 3.60. The van der Waals surface area contributed by atoms with Gasteiger partial charge in [0.15, 0.2) is 0 Å². The molecule has 0 aliphatic carbocycles. The lowest BCUT2D eigenvalue weighted by Crippen LogP contribution is -2.42. The van der Waals surface area contributed by atoms with E-state index in [0.717, 1.165) is 0 Å². The summed E-state index contributed by atoms with van der Waals surface area (Å²) in [7, 11) is 5.17. The van der Waals surface area contributed by atoms with Crippen molar-refractivity contribution in [1.29, 1.82) is 0 Å². The number of methoxy groups -OCH3 is 1. The Bertz CT molecular complexity index is 155. The Hall–Kier alpha value is -0.610. The Morgan fingerprint density at radius 1 is 1.50 bits per heavy atom. The van der Waals surface area contributed by atoms with Crippen molar-refractivity contribution in [2.24, 2.45) is 5.41 Å². The zero-order valence-electron chi connectivity index (χ0n) is 8.47. The van der Waals surface area contributed by atoms with Crippen molar-refractivity contribution in [3.63, 3.8) is 0 Å². The molecule has 12 heavy (non-hydrogen) atoms. The predicted molar refractivity (Wildman–Crippen MR) is 47.5 cm³/mol. The van der Waals surface area contributed by atoms with Crippen LogP contribution in [0.1, 0.15) is 13.8 Å². The molecule has 0 saturated carbocycles. The number of esters is 1. The summed E-state index contributed by atoms with van der Waals surface area (Å²) in [4.78, 5) is 11.2. The maximum absolute atomic E-state index is 11.2. The highest BCUT2D eigenvalue weighted by Crippen LogP contribution is 2.14. The summed E-state index contributed by atoms with van der Waals surface area (Å²) in [5, 5.41) is 1.81. The fraction of sp³-hybridized carbons (Fsp3) is 0.875. The summed E-state index contributed by atoms with van der Waals surface area (Å²) in [6.45, 7) is 4.26. The maximum atomic E-state index is 11.2. The number of ether oxygens (including phenoxy) is 1. The van der Waals surface area contributed by atoms with E-state index in [0.29, 0.717) is 6.54 Å². The van der Waals surface area contributed by atoms with Crippen molar-refractivity contribution in [1.82, 2.24) is 10.4 Å². The van der Waals surface area contributed by atoms with Crippen molar-refractivity contribution < 1.29 is 9.53 Å². The molecule has 0 heterocycles. The minimum atomic E-state index is -0.473. The lowest BCUT2D eigenvalue weighted by molar-refractivity contribution is -0.150. The van der Waals surface area contributed by atoms with Gasteiger partial charge < -0.3 is 4.74 Å². The SMILES string of the molecule is COC(=O)C(C)(C)CNN(C)C. The summed E-state index contributed by atoms with van der Waals surface area (Å²) in [5.41, 5.74) is 2.56. The van der Waals surface area contributed by atoms with Crippen molar-refractivity contribution in [3.8, 4) is 0 Å². The summed E-state index contributed by atoms with van der Waals surface area (Å²) in [5.74, 6) is -0.197. The molecule has 0 unspecified atom stereocenters. The monoisotopic (exact) mass is 174 g/mol. The van der Waals surface area contributed by atoms with Crippen molar-refractivity contribution in [2.45, 2.75) is 13.8 Å². The van der Waals surface area contributed by atoms with Gasteiger partial charge in [-0.1, -0.05) is 0 Å². The number of carbonyl (C=O) groups excluding carboxylic acids is 1. The van der Waals surface area contributed by atoms with Crippen LogP contribution in [0.25, 0.3) is 0 Å². The van der Waals surface area contributed by atoms with Gasteiger partial charge in [-0.25, -0.2) is 0 Å². The third kappa shape index (κ3) is 3.69. The normalized spacial score (nSPS) is 11.8. The Morgan fingerprint density at radius 3 is 2.33 bits per heavy atom. The molecule has 1 N–H and O–H groups in total. The summed E-state index contributed by atoms with van der Waals surface area (Å²) < 4.78 is 4.65. The molecule has 72 valence electrons. The van der Waals surface area contributed by atoms with Crippen LogP contribution in [0.3, 0.4) is 0 Å². The fourth-order valence-electron chi connectivity index (χ4n) is 0.704. The number of nitrogens with one attached hydrogen (secondary N) is 1. The number of carbonyl (C=O) groups is 1.